The first-order valence-corrected chi connectivity index (χ1v) is 8.28. The Labute approximate surface area is 140 Å². The van der Waals surface area contributed by atoms with E-state index in [0.717, 1.165) is 22.6 Å². The molecule has 0 bridgehead atoms. The fraction of sp³-hybridized carbons (Fsp3) is 0.278. The number of amides is 1. The van der Waals surface area contributed by atoms with Gasteiger partial charge in [0, 0.05) is 11.4 Å². The number of carbonyl (C=O) groups is 1. The van der Waals surface area contributed by atoms with Crippen LogP contribution in [-0.4, -0.2) is 31.6 Å². The van der Waals surface area contributed by atoms with Gasteiger partial charge in [0.2, 0.25) is 5.91 Å². The van der Waals surface area contributed by atoms with E-state index in [1.54, 1.807) is 25.6 Å². The average Bonchev–Trinajstić information content (AvgIpc) is 3.12. The molecule has 2 aromatic rings. The summed E-state index contributed by atoms with van der Waals surface area (Å²) in [6.45, 7) is 4.30. The number of rotatable bonds is 4. The zero-order valence-corrected chi connectivity index (χ0v) is 14.1. The predicted molar refractivity (Wildman–Crippen MR) is 91.3 cm³/mol. The van der Waals surface area contributed by atoms with Gasteiger partial charge in [-0.3, -0.25) is 4.79 Å². The third kappa shape index (κ3) is 2.72. The molecule has 3 rings (SSSR count). The molecule has 2 heterocycles. The maximum absolute atomic E-state index is 12.3. The van der Waals surface area contributed by atoms with E-state index in [1.807, 2.05) is 28.5 Å². The largest absolute Gasteiger partial charge is 0.493 e. The van der Waals surface area contributed by atoms with Gasteiger partial charge < -0.3 is 14.4 Å². The molecule has 5 heteroatoms. The second-order valence-corrected chi connectivity index (χ2v) is 6.29. The summed E-state index contributed by atoms with van der Waals surface area (Å²) in [7, 11) is 3.26. The van der Waals surface area contributed by atoms with Gasteiger partial charge in [-0.05, 0) is 47.2 Å². The van der Waals surface area contributed by atoms with Crippen molar-refractivity contribution in [2.75, 3.05) is 20.8 Å². The zero-order chi connectivity index (χ0) is 16.4. The summed E-state index contributed by atoms with van der Waals surface area (Å²) in [6.07, 6.45) is 2.17. The minimum absolute atomic E-state index is 0.0520. The second-order valence-electron chi connectivity index (χ2n) is 5.31. The molecule has 0 saturated heterocycles. The van der Waals surface area contributed by atoms with Crippen molar-refractivity contribution in [3.05, 3.63) is 58.3 Å². The lowest BCUT2D eigenvalue weighted by molar-refractivity contribution is -0.127. The Hall–Kier alpha value is -2.27. The fourth-order valence-corrected chi connectivity index (χ4v) is 3.91. The van der Waals surface area contributed by atoms with E-state index in [4.69, 9.17) is 9.47 Å². The van der Waals surface area contributed by atoms with Crippen LogP contribution in [0, 0.1) is 0 Å². The average molecular weight is 329 g/mol. The SMILES string of the molecule is C=CC(=O)N1CCc2cc(OC)c(OC)cc2C1c1cccs1. The number of benzene rings is 1. The van der Waals surface area contributed by atoms with Gasteiger partial charge in [0.1, 0.15) is 0 Å². The standard InChI is InChI=1S/C18H19NO3S/c1-4-17(20)19-8-7-12-10-14(21-2)15(22-3)11-13(12)18(19)16-6-5-9-23-16/h4-6,9-11,18H,1,7-8H2,2-3H3. The molecule has 0 N–H and O–H groups in total. The van der Waals surface area contributed by atoms with Gasteiger partial charge in [-0.25, -0.2) is 0 Å². The molecule has 1 amide bonds. The highest BCUT2D eigenvalue weighted by Crippen LogP contribution is 2.42. The topological polar surface area (TPSA) is 38.8 Å². The van der Waals surface area contributed by atoms with Crippen LogP contribution in [0.2, 0.25) is 0 Å². The van der Waals surface area contributed by atoms with Crippen molar-refractivity contribution in [1.29, 1.82) is 0 Å². The van der Waals surface area contributed by atoms with Crippen molar-refractivity contribution >= 4 is 17.2 Å². The molecule has 0 radical (unpaired) electrons. The van der Waals surface area contributed by atoms with Gasteiger partial charge >= 0.3 is 0 Å². The van der Waals surface area contributed by atoms with E-state index in [-0.39, 0.29) is 11.9 Å². The van der Waals surface area contributed by atoms with Gasteiger partial charge in [0.25, 0.3) is 0 Å². The van der Waals surface area contributed by atoms with Gasteiger partial charge in [-0.15, -0.1) is 11.3 Å². The number of nitrogens with zero attached hydrogens (tertiary/aromatic N) is 1. The minimum atomic E-state index is -0.107. The summed E-state index contributed by atoms with van der Waals surface area (Å²) >= 11 is 1.65. The lowest BCUT2D eigenvalue weighted by Gasteiger charge is -2.36. The minimum Gasteiger partial charge on any atom is -0.493 e. The number of hydrogen-bond acceptors (Lipinski definition) is 4. The first kappa shape index (κ1) is 15.6. The summed E-state index contributed by atoms with van der Waals surface area (Å²) in [5.41, 5.74) is 2.28. The highest BCUT2D eigenvalue weighted by molar-refractivity contribution is 7.10. The maximum Gasteiger partial charge on any atom is 0.246 e. The molecule has 23 heavy (non-hydrogen) atoms. The molecule has 0 fully saturated rings. The monoisotopic (exact) mass is 329 g/mol. The third-order valence-electron chi connectivity index (χ3n) is 4.14. The highest BCUT2D eigenvalue weighted by Gasteiger charge is 2.32. The molecular weight excluding hydrogens is 310 g/mol. The fourth-order valence-electron chi connectivity index (χ4n) is 3.05. The zero-order valence-electron chi connectivity index (χ0n) is 13.2. The maximum atomic E-state index is 12.3. The summed E-state index contributed by atoms with van der Waals surface area (Å²) < 4.78 is 10.8. The van der Waals surface area contributed by atoms with Crippen LogP contribution < -0.4 is 9.47 Å². The van der Waals surface area contributed by atoms with Crippen molar-refractivity contribution in [3.63, 3.8) is 0 Å². The van der Waals surface area contributed by atoms with Crippen LogP contribution in [0.5, 0.6) is 11.5 Å². The van der Waals surface area contributed by atoms with Gasteiger partial charge in [0.15, 0.2) is 11.5 Å². The molecule has 120 valence electrons. The predicted octanol–water partition coefficient (Wildman–Crippen LogP) is 3.43. The van der Waals surface area contributed by atoms with E-state index in [9.17, 15) is 4.79 Å². The normalized spacial score (nSPS) is 16.6. The van der Waals surface area contributed by atoms with Crippen LogP contribution in [0.3, 0.4) is 0 Å². The Morgan fingerprint density at radius 2 is 2.09 bits per heavy atom. The van der Waals surface area contributed by atoms with Crippen LogP contribution in [-0.2, 0) is 11.2 Å². The molecule has 0 aliphatic carbocycles. The van der Waals surface area contributed by atoms with Crippen molar-refractivity contribution in [3.8, 4) is 11.5 Å². The number of hydrogen-bond donors (Lipinski definition) is 0. The molecular formula is C18H19NO3S. The van der Waals surface area contributed by atoms with Crippen molar-refractivity contribution in [2.45, 2.75) is 12.5 Å². The summed E-state index contributed by atoms with van der Waals surface area (Å²) in [5, 5.41) is 2.03. The molecule has 1 aliphatic heterocycles. The summed E-state index contributed by atoms with van der Waals surface area (Å²) in [5.74, 6) is 1.35. The highest BCUT2D eigenvalue weighted by atomic mass is 32.1. The number of fused-ring (bicyclic) bond motifs is 1. The molecule has 1 atom stereocenters. The molecule has 4 nitrogen and oxygen atoms in total. The Morgan fingerprint density at radius 1 is 1.35 bits per heavy atom. The van der Waals surface area contributed by atoms with Crippen molar-refractivity contribution in [1.82, 2.24) is 4.90 Å². The van der Waals surface area contributed by atoms with E-state index >= 15 is 0 Å². The van der Waals surface area contributed by atoms with E-state index in [0.29, 0.717) is 12.3 Å². The lowest BCUT2D eigenvalue weighted by atomic mass is 9.90. The number of carbonyl (C=O) groups excluding carboxylic acids is 1. The van der Waals surface area contributed by atoms with E-state index in [1.165, 1.54) is 11.6 Å². The first-order valence-electron chi connectivity index (χ1n) is 7.40. The summed E-state index contributed by atoms with van der Waals surface area (Å²) in [4.78, 5) is 15.3. The van der Waals surface area contributed by atoms with Crippen LogP contribution in [0.4, 0.5) is 0 Å². The molecule has 1 aromatic heterocycles. The van der Waals surface area contributed by atoms with Crippen LogP contribution in [0.1, 0.15) is 22.0 Å². The third-order valence-corrected chi connectivity index (χ3v) is 5.07. The van der Waals surface area contributed by atoms with Crippen molar-refractivity contribution in [2.24, 2.45) is 0 Å². The Morgan fingerprint density at radius 3 is 2.70 bits per heavy atom. The first-order chi connectivity index (χ1) is 11.2. The van der Waals surface area contributed by atoms with Gasteiger partial charge in [-0.1, -0.05) is 12.6 Å². The van der Waals surface area contributed by atoms with E-state index < -0.39 is 0 Å². The smallest absolute Gasteiger partial charge is 0.246 e. The van der Waals surface area contributed by atoms with Crippen LogP contribution in [0.25, 0.3) is 0 Å². The molecule has 0 spiro atoms. The second kappa shape index (κ2) is 6.46. The van der Waals surface area contributed by atoms with Gasteiger partial charge in [0.05, 0.1) is 20.3 Å². The van der Waals surface area contributed by atoms with Crippen molar-refractivity contribution < 1.29 is 14.3 Å². The summed E-state index contributed by atoms with van der Waals surface area (Å²) in [6, 6.07) is 7.96. The quantitative estimate of drug-likeness (QED) is 0.807. The number of ether oxygens (including phenoxy) is 2. The van der Waals surface area contributed by atoms with Gasteiger partial charge in [-0.2, -0.15) is 0 Å². The molecule has 1 aliphatic rings. The molecule has 0 saturated carbocycles. The number of thiophene rings is 1. The number of methoxy groups -OCH3 is 2. The molecule has 1 unspecified atom stereocenters. The lowest BCUT2D eigenvalue weighted by Crippen LogP contribution is -2.39. The Kier molecular flexibility index (Phi) is 4.39. The Bertz CT molecular complexity index is 724. The molecule has 1 aromatic carbocycles. The van der Waals surface area contributed by atoms with Crippen LogP contribution >= 0.6 is 11.3 Å². The van der Waals surface area contributed by atoms with Crippen LogP contribution in [0.15, 0.2) is 42.3 Å². The van der Waals surface area contributed by atoms with E-state index in [2.05, 4.69) is 12.6 Å². The Balaban J connectivity index is 2.15.